The van der Waals surface area contributed by atoms with Crippen molar-refractivity contribution in [1.82, 2.24) is 4.90 Å². The molecule has 72 valence electrons. The summed E-state index contributed by atoms with van der Waals surface area (Å²) in [6, 6.07) is 0. The molecule has 4 nitrogen and oxygen atoms in total. The van der Waals surface area contributed by atoms with Crippen LogP contribution in [0, 0.1) is 0 Å². The summed E-state index contributed by atoms with van der Waals surface area (Å²) in [5.74, 6) is -0.174. The van der Waals surface area contributed by atoms with Gasteiger partial charge >= 0.3 is 5.97 Å². The van der Waals surface area contributed by atoms with E-state index < -0.39 is 0 Å². The van der Waals surface area contributed by atoms with Gasteiger partial charge in [-0.05, 0) is 20.0 Å². The predicted molar refractivity (Wildman–Crippen MR) is 45.8 cm³/mol. The van der Waals surface area contributed by atoms with Gasteiger partial charge < -0.3 is 14.7 Å². The Morgan fingerprint density at radius 1 is 1.50 bits per heavy atom. The number of likely N-dealkylation sites (N-methyl/N-ethyl adjacent to an activating group) is 1. The molecule has 1 N–H and O–H groups in total. The lowest BCUT2D eigenvalue weighted by Crippen LogP contribution is -2.23. The van der Waals surface area contributed by atoms with Gasteiger partial charge in [0.1, 0.15) is 0 Å². The fourth-order valence-corrected chi connectivity index (χ4v) is 0.878. The lowest BCUT2D eigenvalue weighted by molar-refractivity contribution is -0.140. The zero-order chi connectivity index (χ0) is 9.40. The summed E-state index contributed by atoms with van der Waals surface area (Å²) in [7, 11) is 3.30. The molecule has 0 aliphatic carbocycles. The minimum atomic E-state index is -0.174. The number of hydrogen-bond donors (Lipinski definition) is 1. The summed E-state index contributed by atoms with van der Waals surface area (Å²) in [5, 5.41) is 8.56. The van der Waals surface area contributed by atoms with E-state index in [1.54, 1.807) is 0 Å². The number of nitrogens with zero attached hydrogens (tertiary/aromatic N) is 1. The maximum atomic E-state index is 10.7. The third-order valence-electron chi connectivity index (χ3n) is 1.63. The van der Waals surface area contributed by atoms with Gasteiger partial charge in [-0.1, -0.05) is 0 Å². The topological polar surface area (TPSA) is 49.8 Å². The number of carbonyl (C=O) groups is 1. The van der Waals surface area contributed by atoms with Gasteiger partial charge in [0, 0.05) is 13.0 Å². The molecule has 0 atom stereocenters. The highest BCUT2D eigenvalue weighted by atomic mass is 16.5. The summed E-state index contributed by atoms with van der Waals surface area (Å²) in [6.07, 6.45) is 1.23. The van der Waals surface area contributed by atoms with E-state index in [0.29, 0.717) is 13.0 Å². The van der Waals surface area contributed by atoms with Gasteiger partial charge in [-0.2, -0.15) is 0 Å². The first-order valence-corrected chi connectivity index (χ1v) is 4.07. The fourth-order valence-electron chi connectivity index (χ4n) is 0.878. The van der Waals surface area contributed by atoms with E-state index >= 15 is 0 Å². The van der Waals surface area contributed by atoms with Gasteiger partial charge in [-0.25, -0.2) is 0 Å². The lowest BCUT2D eigenvalue weighted by Gasteiger charge is -2.13. The summed E-state index contributed by atoms with van der Waals surface area (Å²) in [6.45, 7) is 1.63. The molecule has 0 rings (SSSR count). The number of methoxy groups -OCH3 is 1. The van der Waals surface area contributed by atoms with Gasteiger partial charge in [0.05, 0.1) is 13.7 Å². The van der Waals surface area contributed by atoms with Gasteiger partial charge in [-0.3, -0.25) is 4.79 Å². The Hall–Kier alpha value is -0.610. The van der Waals surface area contributed by atoms with Crippen LogP contribution in [0.2, 0.25) is 0 Å². The van der Waals surface area contributed by atoms with E-state index in [1.807, 2.05) is 11.9 Å². The molecule has 12 heavy (non-hydrogen) atoms. The molecule has 0 aliphatic heterocycles. The number of esters is 1. The Kier molecular flexibility index (Phi) is 6.70. The maximum Gasteiger partial charge on any atom is 0.305 e. The molecule has 0 aromatic rings. The number of carbonyl (C=O) groups excluding carboxylic acids is 1. The minimum Gasteiger partial charge on any atom is -0.469 e. The molecule has 0 heterocycles. The Morgan fingerprint density at radius 3 is 2.67 bits per heavy atom. The van der Waals surface area contributed by atoms with Crippen LogP contribution in [0.1, 0.15) is 12.8 Å². The van der Waals surface area contributed by atoms with E-state index in [0.717, 1.165) is 13.0 Å². The first-order chi connectivity index (χ1) is 5.70. The second kappa shape index (κ2) is 7.06. The van der Waals surface area contributed by atoms with Crippen molar-refractivity contribution in [2.45, 2.75) is 12.8 Å². The first kappa shape index (κ1) is 11.4. The van der Waals surface area contributed by atoms with E-state index in [9.17, 15) is 4.79 Å². The molecule has 0 radical (unpaired) electrons. The number of aliphatic hydroxyl groups is 1. The van der Waals surface area contributed by atoms with E-state index in [4.69, 9.17) is 5.11 Å². The molecular formula is C8H17NO3. The van der Waals surface area contributed by atoms with Crippen LogP contribution in [0.5, 0.6) is 0 Å². The van der Waals surface area contributed by atoms with E-state index in [1.165, 1.54) is 7.11 Å². The van der Waals surface area contributed by atoms with Crippen LogP contribution in [-0.2, 0) is 9.53 Å². The summed E-state index contributed by atoms with van der Waals surface area (Å²) < 4.78 is 4.49. The van der Waals surface area contributed by atoms with Crippen molar-refractivity contribution in [3.8, 4) is 0 Å². The molecule has 0 spiro atoms. The quantitative estimate of drug-likeness (QED) is 0.571. The van der Waals surface area contributed by atoms with Crippen LogP contribution >= 0.6 is 0 Å². The zero-order valence-corrected chi connectivity index (χ0v) is 7.75. The summed E-state index contributed by atoms with van der Waals surface area (Å²) >= 11 is 0. The SMILES string of the molecule is COC(=O)CCCN(C)CCO. The number of ether oxygens (including phenoxy) is 1. The predicted octanol–water partition coefficient (Wildman–Crippen LogP) is -0.136. The van der Waals surface area contributed by atoms with Crippen LogP contribution < -0.4 is 0 Å². The van der Waals surface area contributed by atoms with Crippen LogP contribution in [0.3, 0.4) is 0 Å². The molecule has 0 aliphatic rings. The summed E-state index contributed by atoms with van der Waals surface area (Å²) in [4.78, 5) is 12.6. The average molecular weight is 175 g/mol. The molecule has 0 unspecified atom stereocenters. The molecule has 0 bridgehead atoms. The molecule has 4 heteroatoms. The molecule has 0 amide bonds. The average Bonchev–Trinajstić information content (AvgIpc) is 2.04. The van der Waals surface area contributed by atoms with Crippen molar-refractivity contribution in [2.24, 2.45) is 0 Å². The van der Waals surface area contributed by atoms with Gasteiger partial charge in [0.2, 0.25) is 0 Å². The van der Waals surface area contributed by atoms with Crippen LogP contribution in [0.15, 0.2) is 0 Å². The number of rotatable bonds is 6. The maximum absolute atomic E-state index is 10.7. The molecule has 0 aromatic carbocycles. The Labute approximate surface area is 73.1 Å². The minimum absolute atomic E-state index is 0.161. The standard InChI is InChI=1S/C8H17NO3/c1-9(6-7-10)5-3-4-8(11)12-2/h10H,3-7H2,1-2H3. The van der Waals surface area contributed by atoms with Crippen molar-refractivity contribution in [1.29, 1.82) is 0 Å². The Morgan fingerprint density at radius 2 is 2.17 bits per heavy atom. The van der Waals surface area contributed by atoms with Crippen molar-refractivity contribution in [2.75, 3.05) is 33.9 Å². The normalized spacial score (nSPS) is 10.3. The van der Waals surface area contributed by atoms with Crippen LogP contribution in [0.4, 0.5) is 0 Å². The highest BCUT2D eigenvalue weighted by Gasteiger charge is 2.01. The van der Waals surface area contributed by atoms with Crippen LogP contribution in [0.25, 0.3) is 0 Å². The smallest absolute Gasteiger partial charge is 0.305 e. The van der Waals surface area contributed by atoms with E-state index in [-0.39, 0.29) is 12.6 Å². The molecular weight excluding hydrogens is 158 g/mol. The van der Waals surface area contributed by atoms with Crippen molar-refractivity contribution >= 4 is 5.97 Å². The monoisotopic (exact) mass is 175 g/mol. The third kappa shape index (κ3) is 6.12. The van der Waals surface area contributed by atoms with Crippen molar-refractivity contribution in [3.05, 3.63) is 0 Å². The Bertz CT molecular complexity index is 127. The third-order valence-corrected chi connectivity index (χ3v) is 1.63. The molecule has 0 fully saturated rings. The second-order valence-corrected chi connectivity index (χ2v) is 2.71. The number of hydrogen-bond acceptors (Lipinski definition) is 4. The van der Waals surface area contributed by atoms with E-state index in [2.05, 4.69) is 4.74 Å². The molecule has 0 saturated heterocycles. The van der Waals surface area contributed by atoms with Gasteiger partial charge in [0.25, 0.3) is 0 Å². The highest BCUT2D eigenvalue weighted by molar-refractivity contribution is 5.68. The fraction of sp³-hybridized carbons (Fsp3) is 0.875. The lowest BCUT2D eigenvalue weighted by atomic mass is 10.3. The largest absolute Gasteiger partial charge is 0.469 e. The van der Waals surface area contributed by atoms with Gasteiger partial charge in [-0.15, -0.1) is 0 Å². The summed E-state index contributed by atoms with van der Waals surface area (Å²) in [5.41, 5.74) is 0. The van der Waals surface area contributed by atoms with Crippen LogP contribution in [-0.4, -0.2) is 49.8 Å². The van der Waals surface area contributed by atoms with Crippen molar-refractivity contribution < 1.29 is 14.6 Å². The molecule has 0 saturated carbocycles. The second-order valence-electron chi connectivity index (χ2n) is 2.71. The molecule has 0 aromatic heterocycles. The van der Waals surface area contributed by atoms with Gasteiger partial charge in [0.15, 0.2) is 0 Å². The number of aliphatic hydroxyl groups excluding tert-OH is 1. The first-order valence-electron chi connectivity index (χ1n) is 4.07. The van der Waals surface area contributed by atoms with Crippen molar-refractivity contribution in [3.63, 3.8) is 0 Å². The Balaban J connectivity index is 3.24. The zero-order valence-electron chi connectivity index (χ0n) is 7.75. The highest BCUT2D eigenvalue weighted by Crippen LogP contribution is 1.93.